The first-order chi connectivity index (χ1) is 13.3. The molecular weight excluding hydrogens is 386 g/mol. The summed E-state index contributed by atoms with van der Waals surface area (Å²) in [4.78, 5) is 39.7. The van der Waals surface area contributed by atoms with Crippen LogP contribution in [0.5, 0.6) is 0 Å². The van der Waals surface area contributed by atoms with Gasteiger partial charge < -0.3 is 20.6 Å². The number of amides is 1. The number of aryl methyl sites for hydroxylation is 1. The Morgan fingerprint density at radius 1 is 1.36 bits per heavy atom. The highest BCUT2D eigenvalue weighted by atomic mass is 35.5. The molecule has 1 aromatic heterocycles. The molecule has 3 rings (SSSR count). The summed E-state index contributed by atoms with van der Waals surface area (Å²) in [5, 5.41) is 11.9. The van der Waals surface area contributed by atoms with Gasteiger partial charge in [-0.2, -0.15) is 0 Å². The van der Waals surface area contributed by atoms with E-state index in [1.165, 1.54) is 0 Å². The highest BCUT2D eigenvalue weighted by molar-refractivity contribution is 6.35. The molecule has 150 valence electrons. The summed E-state index contributed by atoms with van der Waals surface area (Å²) in [6.07, 6.45) is 2.10. The third-order valence-corrected chi connectivity index (χ3v) is 5.15. The molecule has 1 heterocycles. The number of carbonyl (C=O) groups excluding carboxylic acids is 2. The van der Waals surface area contributed by atoms with Gasteiger partial charge in [-0.15, -0.1) is 0 Å². The van der Waals surface area contributed by atoms with E-state index in [4.69, 9.17) is 26.9 Å². The van der Waals surface area contributed by atoms with Crippen molar-refractivity contribution in [2.24, 2.45) is 17.6 Å². The van der Waals surface area contributed by atoms with Crippen LogP contribution in [-0.2, 0) is 9.59 Å². The third kappa shape index (κ3) is 4.51. The number of carboxylic acids is 1. The van der Waals surface area contributed by atoms with E-state index in [0.29, 0.717) is 59.8 Å². The topological polar surface area (TPSA) is 136 Å². The first-order valence-corrected chi connectivity index (χ1v) is 9.52. The van der Waals surface area contributed by atoms with Gasteiger partial charge in [0.2, 0.25) is 5.91 Å². The van der Waals surface area contributed by atoms with Crippen molar-refractivity contribution in [3.05, 3.63) is 28.6 Å². The molecule has 1 aliphatic carbocycles. The van der Waals surface area contributed by atoms with Crippen LogP contribution in [0.2, 0.25) is 5.02 Å². The lowest BCUT2D eigenvalue weighted by Gasteiger charge is -2.07. The number of rotatable bonds is 9. The molecule has 9 heteroatoms. The highest BCUT2D eigenvalue weighted by Crippen LogP contribution is 2.42. The molecule has 1 aliphatic rings. The van der Waals surface area contributed by atoms with Crippen molar-refractivity contribution in [1.82, 2.24) is 10.3 Å². The van der Waals surface area contributed by atoms with Crippen molar-refractivity contribution in [2.75, 3.05) is 6.54 Å². The quantitative estimate of drug-likeness (QED) is 0.428. The first-order valence-electron chi connectivity index (χ1n) is 9.15. The molecule has 4 N–H and O–H groups in total. The minimum Gasteiger partial charge on any atom is -0.480 e. The third-order valence-electron chi connectivity index (χ3n) is 4.86. The normalized spacial score (nSPS) is 19.4. The predicted octanol–water partition coefficient (Wildman–Crippen LogP) is 2.31. The van der Waals surface area contributed by atoms with Crippen LogP contribution in [0.1, 0.15) is 41.9 Å². The number of ketones is 1. The Balaban J connectivity index is 1.49. The largest absolute Gasteiger partial charge is 0.480 e. The van der Waals surface area contributed by atoms with Gasteiger partial charge in [0, 0.05) is 30.9 Å². The maximum atomic E-state index is 12.7. The van der Waals surface area contributed by atoms with E-state index in [0.717, 1.165) is 0 Å². The molecule has 1 fully saturated rings. The van der Waals surface area contributed by atoms with Crippen molar-refractivity contribution in [1.29, 1.82) is 0 Å². The monoisotopic (exact) mass is 407 g/mol. The average Bonchev–Trinajstić information content (AvgIpc) is 3.35. The van der Waals surface area contributed by atoms with Crippen molar-refractivity contribution < 1.29 is 23.9 Å². The zero-order valence-corrected chi connectivity index (χ0v) is 16.2. The molecule has 1 aromatic carbocycles. The van der Waals surface area contributed by atoms with E-state index in [2.05, 4.69) is 10.3 Å². The molecule has 3 atom stereocenters. The Bertz CT molecular complexity index is 926. The Hall–Kier alpha value is -2.45. The summed E-state index contributed by atoms with van der Waals surface area (Å²) < 4.78 is 5.45. The molecule has 2 aromatic rings. The van der Waals surface area contributed by atoms with E-state index in [1.807, 2.05) is 0 Å². The molecule has 1 amide bonds. The number of nitrogens with zero attached hydrogens (tertiary/aromatic N) is 1. The van der Waals surface area contributed by atoms with Crippen LogP contribution in [0, 0.1) is 18.8 Å². The number of hydrogen-bond donors (Lipinski definition) is 3. The fourth-order valence-electron chi connectivity index (χ4n) is 3.19. The molecule has 0 bridgehead atoms. The van der Waals surface area contributed by atoms with Gasteiger partial charge in [-0.1, -0.05) is 11.6 Å². The number of halogens is 1. The van der Waals surface area contributed by atoms with Crippen LogP contribution in [0.3, 0.4) is 0 Å². The van der Waals surface area contributed by atoms with Gasteiger partial charge in [-0.05, 0) is 37.8 Å². The summed E-state index contributed by atoms with van der Waals surface area (Å²) in [5.74, 6) is -1.57. The Morgan fingerprint density at radius 3 is 2.82 bits per heavy atom. The number of aliphatic carboxylic acids is 1. The number of unbranched alkanes of at least 4 members (excludes halogenated alkanes) is 1. The van der Waals surface area contributed by atoms with Gasteiger partial charge in [-0.3, -0.25) is 14.4 Å². The average molecular weight is 408 g/mol. The van der Waals surface area contributed by atoms with Gasteiger partial charge in [0.05, 0.1) is 5.02 Å². The van der Waals surface area contributed by atoms with E-state index >= 15 is 0 Å². The minimum absolute atomic E-state index is 0.134. The van der Waals surface area contributed by atoms with Crippen molar-refractivity contribution >= 4 is 40.4 Å². The second-order valence-corrected chi connectivity index (χ2v) is 7.49. The van der Waals surface area contributed by atoms with E-state index < -0.39 is 12.0 Å². The van der Waals surface area contributed by atoms with Crippen LogP contribution in [0.4, 0.5) is 0 Å². The standard InChI is InChI=1S/C19H22ClN3O5/c1-9-23-16-13(20)6-10(7-15(16)28-9)17(24)11-8-12(11)18(25)22-5-3-2-4-14(21)19(26)27/h6-7,11-12,14H,2-5,8,21H2,1H3,(H,22,25)(H,26,27)/t11-,12-,14-/m0/s1. The fraction of sp³-hybridized carbons (Fsp3) is 0.474. The number of oxazole rings is 1. The zero-order valence-electron chi connectivity index (χ0n) is 15.4. The first kappa shape index (κ1) is 20.3. The summed E-state index contributed by atoms with van der Waals surface area (Å²) in [5.41, 5.74) is 6.81. The Kier molecular flexibility index (Phi) is 6.00. The van der Waals surface area contributed by atoms with Crippen molar-refractivity contribution in [3.63, 3.8) is 0 Å². The second-order valence-electron chi connectivity index (χ2n) is 7.08. The van der Waals surface area contributed by atoms with Gasteiger partial charge in [0.1, 0.15) is 11.6 Å². The fourth-order valence-corrected chi connectivity index (χ4v) is 3.44. The number of benzene rings is 1. The lowest BCUT2D eigenvalue weighted by Crippen LogP contribution is -2.30. The molecular formula is C19H22ClN3O5. The van der Waals surface area contributed by atoms with Crippen LogP contribution in [0.15, 0.2) is 16.5 Å². The molecule has 0 saturated heterocycles. The SMILES string of the molecule is Cc1nc2c(Cl)cc(C(=O)[C@H]3C[C@@H]3C(=O)NCCCC[C@H](N)C(=O)O)cc2o1. The van der Waals surface area contributed by atoms with E-state index in [-0.39, 0.29) is 23.5 Å². The number of aromatic nitrogens is 1. The molecule has 28 heavy (non-hydrogen) atoms. The molecule has 0 spiro atoms. The predicted molar refractivity (Wildman–Crippen MR) is 102 cm³/mol. The van der Waals surface area contributed by atoms with Crippen molar-refractivity contribution in [3.8, 4) is 0 Å². The zero-order chi connectivity index (χ0) is 20.4. The van der Waals surface area contributed by atoms with E-state index in [1.54, 1.807) is 19.1 Å². The maximum Gasteiger partial charge on any atom is 0.320 e. The Morgan fingerprint density at radius 2 is 2.11 bits per heavy atom. The number of hydrogen-bond acceptors (Lipinski definition) is 6. The van der Waals surface area contributed by atoms with Crippen LogP contribution in [-0.4, -0.2) is 40.3 Å². The second kappa shape index (κ2) is 8.28. The molecule has 0 aliphatic heterocycles. The summed E-state index contributed by atoms with van der Waals surface area (Å²) in [6, 6.07) is 2.30. The highest BCUT2D eigenvalue weighted by Gasteiger charge is 2.48. The smallest absolute Gasteiger partial charge is 0.320 e. The van der Waals surface area contributed by atoms with E-state index in [9.17, 15) is 14.4 Å². The summed E-state index contributed by atoms with van der Waals surface area (Å²) >= 11 is 6.18. The molecule has 1 saturated carbocycles. The number of carboxylic acid groups (broad SMARTS) is 1. The number of nitrogens with one attached hydrogen (secondary N) is 1. The number of nitrogens with two attached hydrogens (primary N) is 1. The molecule has 0 radical (unpaired) electrons. The molecule has 8 nitrogen and oxygen atoms in total. The van der Waals surface area contributed by atoms with Gasteiger partial charge in [-0.25, -0.2) is 4.98 Å². The number of fused-ring (bicyclic) bond motifs is 1. The van der Waals surface area contributed by atoms with Gasteiger partial charge in [0.25, 0.3) is 0 Å². The number of carbonyl (C=O) groups is 3. The maximum absolute atomic E-state index is 12.7. The van der Waals surface area contributed by atoms with Crippen molar-refractivity contribution in [2.45, 2.75) is 38.6 Å². The van der Waals surface area contributed by atoms with Crippen LogP contribution < -0.4 is 11.1 Å². The van der Waals surface area contributed by atoms with Gasteiger partial charge in [0.15, 0.2) is 17.3 Å². The number of Topliss-reactive ketones (excluding diaryl/α,β-unsaturated/α-hetero) is 1. The minimum atomic E-state index is -1.03. The lowest BCUT2D eigenvalue weighted by atomic mass is 10.1. The Labute approximate surface area is 166 Å². The molecule has 0 unspecified atom stereocenters. The van der Waals surface area contributed by atoms with Crippen LogP contribution >= 0.6 is 11.6 Å². The van der Waals surface area contributed by atoms with Gasteiger partial charge >= 0.3 is 5.97 Å². The summed E-state index contributed by atoms with van der Waals surface area (Å²) in [7, 11) is 0. The lowest BCUT2D eigenvalue weighted by molar-refractivity contribution is -0.138. The van der Waals surface area contributed by atoms with Crippen LogP contribution in [0.25, 0.3) is 11.1 Å². The summed E-state index contributed by atoms with van der Waals surface area (Å²) in [6.45, 7) is 2.13.